The molecule has 0 saturated heterocycles. The van der Waals surface area contributed by atoms with Crippen LogP contribution in [0.3, 0.4) is 0 Å². The van der Waals surface area contributed by atoms with E-state index in [2.05, 4.69) is 82.3 Å². The Labute approximate surface area is 134 Å². The summed E-state index contributed by atoms with van der Waals surface area (Å²) >= 11 is 0. The third-order valence-corrected chi connectivity index (χ3v) is 5.20. The van der Waals surface area contributed by atoms with Gasteiger partial charge in [0.25, 0.3) is 0 Å². The molecule has 0 saturated carbocycles. The molecule has 1 aliphatic rings. The van der Waals surface area contributed by atoms with E-state index < -0.39 is 0 Å². The average Bonchev–Trinajstić information content (AvgIpc) is 2.51. The quantitative estimate of drug-likeness (QED) is 0.566. The van der Waals surface area contributed by atoms with Crippen molar-refractivity contribution in [1.82, 2.24) is 0 Å². The molecule has 0 bridgehead atoms. The molecule has 0 nitrogen and oxygen atoms in total. The van der Waals surface area contributed by atoms with Crippen LogP contribution in [0.15, 0.2) is 42.5 Å². The van der Waals surface area contributed by atoms with Gasteiger partial charge in [-0.25, -0.2) is 0 Å². The molecular formula is C22H26. The summed E-state index contributed by atoms with van der Waals surface area (Å²) in [5, 5.41) is 0. The Bertz CT molecular complexity index is 689. The van der Waals surface area contributed by atoms with Crippen LogP contribution in [-0.4, -0.2) is 0 Å². The van der Waals surface area contributed by atoms with E-state index >= 15 is 0 Å². The molecule has 0 radical (unpaired) electrons. The van der Waals surface area contributed by atoms with E-state index in [1.54, 1.807) is 11.1 Å². The standard InChI is InChI=1S/C22H26/c1-16-14-15-22(3,4)21-17(2)19(12-13-20(16)21)11-10-18-8-6-5-7-9-18/h5-13,16H,14-15H2,1-4H3/b11-10+. The highest BCUT2D eigenvalue weighted by Crippen LogP contribution is 2.44. The van der Waals surface area contributed by atoms with Crippen molar-refractivity contribution in [2.75, 3.05) is 0 Å². The molecule has 0 N–H and O–H groups in total. The first kappa shape index (κ1) is 15.1. The number of hydrogen-bond acceptors (Lipinski definition) is 0. The van der Waals surface area contributed by atoms with Gasteiger partial charge in [0.2, 0.25) is 0 Å². The number of hydrogen-bond donors (Lipinski definition) is 0. The topological polar surface area (TPSA) is 0 Å². The minimum Gasteiger partial charge on any atom is -0.0622 e. The second-order valence-corrected chi connectivity index (χ2v) is 7.31. The normalized spacial score (nSPS) is 20.1. The summed E-state index contributed by atoms with van der Waals surface area (Å²) in [5.41, 5.74) is 7.51. The van der Waals surface area contributed by atoms with Gasteiger partial charge in [-0.3, -0.25) is 0 Å². The van der Waals surface area contributed by atoms with Gasteiger partial charge in [-0.2, -0.15) is 0 Å². The van der Waals surface area contributed by atoms with Gasteiger partial charge >= 0.3 is 0 Å². The number of benzene rings is 2. The first-order valence-electron chi connectivity index (χ1n) is 8.36. The molecule has 2 aromatic carbocycles. The summed E-state index contributed by atoms with van der Waals surface area (Å²) in [4.78, 5) is 0. The zero-order valence-electron chi connectivity index (χ0n) is 14.2. The highest BCUT2D eigenvalue weighted by molar-refractivity contribution is 5.72. The molecule has 0 fully saturated rings. The SMILES string of the molecule is Cc1c(/C=C/c2ccccc2)ccc2c1C(C)(C)CCC2C. The van der Waals surface area contributed by atoms with Crippen LogP contribution in [0.2, 0.25) is 0 Å². The predicted octanol–water partition coefficient (Wildman–Crippen LogP) is 6.34. The van der Waals surface area contributed by atoms with Gasteiger partial charge in [0.1, 0.15) is 0 Å². The Morgan fingerprint density at radius 1 is 1.00 bits per heavy atom. The van der Waals surface area contributed by atoms with Gasteiger partial charge in [-0.05, 0) is 58.9 Å². The molecule has 1 unspecified atom stereocenters. The Balaban J connectivity index is 2.03. The van der Waals surface area contributed by atoms with E-state index in [-0.39, 0.29) is 0 Å². The van der Waals surface area contributed by atoms with E-state index in [0.29, 0.717) is 11.3 Å². The molecule has 1 aliphatic carbocycles. The van der Waals surface area contributed by atoms with Gasteiger partial charge in [-0.1, -0.05) is 75.4 Å². The van der Waals surface area contributed by atoms with Crippen LogP contribution >= 0.6 is 0 Å². The summed E-state index contributed by atoms with van der Waals surface area (Å²) < 4.78 is 0. The summed E-state index contributed by atoms with van der Waals surface area (Å²) in [6, 6.07) is 15.2. The third kappa shape index (κ3) is 2.75. The van der Waals surface area contributed by atoms with Crippen LogP contribution in [-0.2, 0) is 5.41 Å². The second kappa shape index (κ2) is 5.76. The fourth-order valence-corrected chi connectivity index (χ4v) is 3.85. The van der Waals surface area contributed by atoms with Crippen molar-refractivity contribution in [2.45, 2.75) is 51.9 Å². The van der Waals surface area contributed by atoms with Crippen molar-refractivity contribution < 1.29 is 0 Å². The summed E-state index contributed by atoms with van der Waals surface area (Å²) in [6.45, 7) is 9.46. The lowest BCUT2D eigenvalue weighted by atomic mass is 9.67. The Morgan fingerprint density at radius 2 is 1.73 bits per heavy atom. The summed E-state index contributed by atoms with van der Waals surface area (Å²) in [6.07, 6.45) is 7.07. The van der Waals surface area contributed by atoms with Gasteiger partial charge in [0.05, 0.1) is 0 Å². The van der Waals surface area contributed by atoms with Gasteiger partial charge < -0.3 is 0 Å². The van der Waals surface area contributed by atoms with Crippen molar-refractivity contribution in [3.05, 3.63) is 70.3 Å². The van der Waals surface area contributed by atoms with Crippen molar-refractivity contribution >= 4 is 12.2 Å². The monoisotopic (exact) mass is 290 g/mol. The van der Waals surface area contributed by atoms with Crippen LogP contribution in [0.1, 0.15) is 67.3 Å². The molecular weight excluding hydrogens is 264 g/mol. The maximum atomic E-state index is 2.40. The van der Waals surface area contributed by atoms with Crippen LogP contribution in [0.4, 0.5) is 0 Å². The fraction of sp³-hybridized carbons (Fsp3) is 0.364. The van der Waals surface area contributed by atoms with E-state index in [1.165, 1.54) is 29.5 Å². The smallest absolute Gasteiger partial charge is 0.00977 e. The molecule has 0 aliphatic heterocycles. The molecule has 0 amide bonds. The molecule has 22 heavy (non-hydrogen) atoms. The highest BCUT2D eigenvalue weighted by Gasteiger charge is 2.32. The van der Waals surface area contributed by atoms with Crippen LogP contribution in [0, 0.1) is 6.92 Å². The lowest BCUT2D eigenvalue weighted by Crippen LogP contribution is -2.27. The molecule has 2 aromatic rings. The average molecular weight is 290 g/mol. The minimum absolute atomic E-state index is 0.294. The van der Waals surface area contributed by atoms with Gasteiger partial charge in [-0.15, -0.1) is 0 Å². The lowest BCUT2D eigenvalue weighted by molar-refractivity contribution is 0.400. The van der Waals surface area contributed by atoms with E-state index in [0.717, 1.165) is 0 Å². The lowest BCUT2D eigenvalue weighted by Gasteiger charge is -2.38. The van der Waals surface area contributed by atoms with Crippen LogP contribution in [0.5, 0.6) is 0 Å². The van der Waals surface area contributed by atoms with Gasteiger partial charge in [0, 0.05) is 0 Å². The Kier molecular flexibility index (Phi) is 3.95. The van der Waals surface area contributed by atoms with Crippen LogP contribution < -0.4 is 0 Å². The fourth-order valence-electron chi connectivity index (χ4n) is 3.85. The van der Waals surface area contributed by atoms with Crippen LogP contribution in [0.25, 0.3) is 12.2 Å². The highest BCUT2D eigenvalue weighted by atomic mass is 14.4. The van der Waals surface area contributed by atoms with Crippen molar-refractivity contribution in [3.8, 4) is 0 Å². The number of fused-ring (bicyclic) bond motifs is 1. The largest absolute Gasteiger partial charge is 0.0622 e. The molecule has 0 heteroatoms. The van der Waals surface area contributed by atoms with Gasteiger partial charge in [0.15, 0.2) is 0 Å². The summed E-state index contributed by atoms with van der Waals surface area (Å²) in [7, 11) is 0. The molecule has 0 spiro atoms. The van der Waals surface area contributed by atoms with E-state index in [1.807, 2.05) is 0 Å². The van der Waals surface area contributed by atoms with E-state index in [4.69, 9.17) is 0 Å². The first-order valence-corrected chi connectivity index (χ1v) is 8.36. The van der Waals surface area contributed by atoms with Crippen molar-refractivity contribution in [3.63, 3.8) is 0 Å². The van der Waals surface area contributed by atoms with Crippen molar-refractivity contribution in [1.29, 1.82) is 0 Å². The molecule has 3 rings (SSSR count). The first-order chi connectivity index (χ1) is 10.5. The predicted molar refractivity (Wildman–Crippen MR) is 97.2 cm³/mol. The third-order valence-electron chi connectivity index (χ3n) is 5.20. The zero-order valence-corrected chi connectivity index (χ0v) is 14.2. The summed E-state index contributed by atoms with van der Waals surface area (Å²) in [5.74, 6) is 0.689. The number of rotatable bonds is 2. The molecule has 1 atom stereocenters. The second-order valence-electron chi connectivity index (χ2n) is 7.31. The Morgan fingerprint density at radius 3 is 2.45 bits per heavy atom. The minimum atomic E-state index is 0.294. The van der Waals surface area contributed by atoms with Crippen molar-refractivity contribution in [2.24, 2.45) is 0 Å². The molecule has 0 aromatic heterocycles. The maximum absolute atomic E-state index is 2.40. The maximum Gasteiger partial charge on any atom is -0.00977 e. The zero-order chi connectivity index (χ0) is 15.7. The molecule has 114 valence electrons. The Hall–Kier alpha value is -1.82. The molecule has 0 heterocycles. The van der Waals surface area contributed by atoms with E-state index in [9.17, 15) is 0 Å².